The van der Waals surface area contributed by atoms with E-state index >= 15 is 0 Å². The maximum absolute atomic E-state index is 13.0. The lowest BCUT2D eigenvalue weighted by atomic mass is 10.0. The van der Waals surface area contributed by atoms with Gasteiger partial charge in [-0.2, -0.15) is 13.2 Å². The first kappa shape index (κ1) is 18.7. The first-order valence-corrected chi connectivity index (χ1v) is 7.43. The number of rotatable bonds is 5. The Bertz CT molecular complexity index is 779. The Morgan fingerprint density at radius 3 is 2.44 bits per heavy atom. The molecule has 1 atom stereocenters. The number of aromatic nitrogens is 1. The minimum atomic E-state index is -4.70. The molecule has 0 saturated carbocycles. The average Bonchev–Trinajstić information content (AvgIpc) is 2.55. The van der Waals surface area contributed by atoms with Crippen molar-refractivity contribution in [2.24, 2.45) is 5.73 Å². The number of halogens is 4. The number of nitrogens with one attached hydrogen (secondary N) is 1. The van der Waals surface area contributed by atoms with Gasteiger partial charge in [0.1, 0.15) is 11.2 Å². The van der Waals surface area contributed by atoms with Gasteiger partial charge in [0, 0.05) is 12.6 Å². The number of alkyl halides is 3. The zero-order valence-electron chi connectivity index (χ0n) is 12.7. The Kier molecular flexibility index (Phi) is 5.63. The van der Waals surface area contributed by atoms with Crippen molar-refractivity contribution in [2.75, 3.05) is 0 Å². The van der Waals surface area contributed by atoms with Gasteiger partial charge in [0.2, 0.25) is 5.91 Å². The van der Waals surface area contributed by atoms with Crippen molar-refractivity contribution >= 4 is 23.4 Å². The summed E-state index contributed by atoms with van der Waals surface area (Å²) in [4.78, 5) is 27.6. The number of hydrogen-bond donors (Lipinski definition) is 2. The van der Waals surface area contributed by atoms with Gasteiger partial charge in [0.25, 0.3) is 5.91 Å². The first-order chi connectivity index (χ1) is 11.7. The third-order valence-electron chi connectivity index (χ3n) is 3.35. The molecule has 1 heterocycles. The van der Waals surface area contributed by atoms with E-state index in [9.17, 15) is 22.8 Å². The molecule has 0 saturated heterocycles. The summed E-state index contributed by atoms with van der Waals surface area (Å²) in [5.41, 5.74) is 4.10. The van der Waals surface area contributed by atoms with Gasteiger partial charge in [-0.3, -0.25) is 9.59 Å². The van der Waals surface area contributed by atoms with E-state index in [1.165, 1.54) is 24.4 Å². The molecule has 0 aliphatic carbocycles. The molecule has 2 aromatic rings. The summed E-state index contributed by atoms with van der Waals surface area (Å²) in [6, 6.07) is 6.14. The van der Waals surface area contributed by atoms with Crippen LogP contribution in [0, 0.1) is 0 Å². The third-order valence-corrected chi connectivity index (χ3v) is 3.58. The number of amides is 2. The Labute approximate surface area is 146 Å². The minimum absolute atomic E-state index is 0.0283. The van der Waals surface area contributed by atoms with Crippen molar-refractivity contribution in [2.45, 2.75) is 18.6 Å². The number of nitrogens with two attached hydrogens (primary N) is 1. The number of carbonyl (C=O) groups is 2. The van der Waals surface area contributed by atoms with E-state index in [0.29, 0.717) is 5.56 Å². The molecule has 0 bridgehead atoms. The standard InChI is InChI=1S/C16H13ClF3N3O2/c17-13-6-5-9(8-22-13)7-12(14(21)24)23-15(25)10-3-1-2-4-11(10)16(18,19)20/h1-6,8,12H,7H2,(H2,21,24)(H,23,25)/t12-/m1/s1. The summed E-state index contributed by atoms with van der Waals surface area (Å²) in [5.74, 6) is -1.92. The maximum atomic E-state index is 13.0. The van der Waals surface area contributed by atoms with Crippen LogP contribution in [0.3, 0.4) is 0 Å². The summed E-state index contributed by atoms with van der Waals surface area (Å²) < 4.78 is 39.0. The fourth-order valence-corrected chi connectivity index (χ4v) is 2.26. The molecule has 5 nitrogen and oxygen atoms in total. The second-order valence-electron chi connectivity index (χ2n) is 5.17. The van der Waals surface area contributed by atoms with Crippen LogP contribution in [0.4, 0.5) is 13.2 Å². The molecule has 2 rings (SSSR count). The highest BCUT2D eigenvalue weighted by Crippen LogP contribution is 2.31. The lowest BCUT2D eigenvalue weighted by molar-refractivity contribution is -0.137. The molecule has 1 aromatic heterocycles. The Morgan fingerprint density at radius 1 is 1.20 bits per heavy atom. The van der Waals surface area contributed by atoms with Crippen molar-refractivity contribution in [3.63, 3.8) is 0 Å². The van der Waals surface area contributed by atoms with E-state index in [1.54, 1.807) is 6.07 Å². The number of nitrogens with zero attached hydrogens (tertiary/aromatic N) is 1. The molecule has 0 unspecified atom stereocenters. The van der Waals surface area contributed by atoms with Crippen LogP contribution >= 0.6 is 11.6 Å². The summed E-state index contributed by atoms with van der Waals surface area (Å²) in [7, 11) is 0. The van der Waals surface area contributed by atoms with E-state index in [1.807, 2.05) is 0 Å². The van der Waals surface area contributed by atoms with Crippen molar-refractivity contribution in [3.8, 4) is 0 Å². The van der Waals surface area contributed by atoms with Crippen molar-refractivity contribution in [1.29, 1.82) is 0 Å². The van der Waals surface area contributed by atoms with E-state index < -0.39 is 35.2 Å². The van der Waals surface area contributed by atoms with E-state index in [-0.39, 0.29) is 11.6 Å². The van der Waals surface area contributed by atoms with E-state index in [4.69, 9.17) is 17.3 Å². The number of carbonyl (C=O) groups excluding carboxylic acids is 2. The van der Waals surface area contributed by atoms with Gasteiger partial charge in [-0.25, -0.2) is 4.98 Å². The topological polar surface area (TPSA) is 85.1 Å². The fourth-order valence-electron chi connectivity index (χ4n) is 2.15. The van der Waals surface area contributed by atoms with E-state index in [2.05, 4.69) is 10.3 Å². The molecule has 1 aromatic carbocycles. The fraction of sp³-hybridized carbons (Fsp3) is 0.188. The smallest absolute Gasteiger partial charge is 0.368 e. The SMILES string of the molecule is NC(=O)[C@@H](Cc1ccc(Cl)nc1)NC(=O)c1ccccc1C(F)(F)F. The Hall–Kier alpha value is -2.61. The Morgan fingerprint density at radius 2 is 1.88 bits per heavy atom. The van der Waals surface area contributed by atoms with E-state index in [0.717, 1.165) is 12.1 Å². The molecule has 0 aliphatic rings. The molecule has 2 amide bonds. The molecule has 9 heteroatoms. The zero-order valence-corrected chi connectivity index (χ0v) is 13.4. The van der Waals surface area contributed by atoms with Crippen molar-refractivity contribution in [3.05, 3.63) is 64.4 Å². The molecule has 0 radical (unpaired) electrons. The quantitative estimate of drug-likeness (QED) is 0.792. The predicted molar refractivity (Wildman–Crippen MR) is 84.8 cm³/mol. The predicted octanol–water partition coefficient (Wildman–Crippen LogP) is 2.58. The van der Waals surface area contributed by atoms with Gasteiger partial charge in [-0.05, 0) is 23.8 Å². The van der Waals surface area contributed by atoms with Crippen LogP contribution in [-0.2, 0) is 17.4 Å². The second-order valence-corrected chi connectivity index (χ2v) is 5.55. The van der Waals surface area contributed by atoms with Gasteiger partial charge >= 0.3 is 6.18 Å². The number of benzene rings is 1. The highest BCUT2D eigenvalue weighted by molar-refractivity contribution is 6.29. The highest BCUT2D eigenvalue weighted by Gasteiger charge is 2.35. The lowest BCUT2D eigenvalue weighted by Gasteiger charge is -2.17. The average molecular weight is 372 g/mol. The highest BCUT2D eigenvalue weighted by atomic mass is 35.5. The summed E-state index contributed by atoms with van der Waals surface area (Å²) in [6.45, 7) is 0. The Balaban J connectivity index is 2.21. The normalized spacial score (nSPS) is 12.5. The zero-order chi connectivity index (χ0) is 18.6. The molecule has 25 heavy (non-hydrogen) atoms. The van der Waals surface area contributed by atoms with Crippen LogP contribution in [-0.4, -0.2) is 22.8 Å². The van der Waals surface area contributed by atoms with Gasteiger partial charge in [-0.1, -0.05) is 29.8 Å². The summed E-state index contributed by atoms with van der Waals surface area (Å²) in [6.07, 6.45) is -3.34. The van der Waals surface area contributed by atoms with Crippen LogP contribution in [0.5, 0.6) is 0 Å². The maximum Gasteiger partial charge on any atom is 0.417 e. The van der Waals surface area contributed by atoms with Crippen molar-refractivity contribution < 1.29 is 22.8 Å². The summed E-state index contributed by atoms with van der Waals surface area (Å²) in [5, 5.41) is 2.47. The third kappa shape index (κ3) is 4.93. The number of primary amides is 1. The minimum Gasteiger partial charge on any atom is -0.368 e. The first-order valence-electron chi connectivity index (χ1n) is 7.05. The van der Waals surface area contributed by atoms with Crippen LogP contribution in [0.15, 0.2) is 42.6 Å². The monoisotopic (exact) mass is 371 g/mol. The molecule has 0 fully saturated rings. The molecule has 3 N–H and O–H groups in total. The van der Waals surface area contributed by atoms with Gasteiger partial charge in [0.05, 0.1) is 11.1 Å². The van der Waals surface area contributed by atoms with Gasteiger partial charge in [-0.15, -0.1) is 0 Å². The number of hydrogen-bond acceptors (Lipinski definition) is 3. The van der Waals surface area contributed by atoms with Crippen LogP contribution in [0.2, 0.25) is 5.15 Å². The molecular formula is C16H13ClF3N3O2. The molecular weight excluding hydrogens is 359 g/mol. The number of pyridine rings is 1. The van der Waals surface area contributed by atoms with Crippen LogP contribution in [0.1, 0.15) is 21.5 Å². The van der Waals surface area contributed by atoms with Crippen LogP contribution < -0.4 is 11.1 Å². The van der Waals surface area contributed by atoms with Gasteiger partial charge in [0.15, 0.2) is 0 Å². The molecule has 0 aliphatic heterocycles. The molecule has 132 valence electrons. The second kappa shape index (κ2) is 7.52. The van der Waals surface area contributed by atoms with Gasteiger partial charge < -0.3 is 11.1 Å². The lowest BCUT2D eigenvalue weighted by Crippen LogP contribution is -2.46. The summed E-state index contributed by atoms with van der Waals surface area (Å²) >= 11 is 5.66. The van der Waals surface area contributed by atoms with Crippen LogP contribution in [0.25, 0.3) is 0 Å². The molecule has 0 spiro atoms. The van der Waals surface area contributed by atoms with Crippen molar-refractivity contribution in [1.82, 2.24) is 10.3 Å². The largest absolute Gasteiger partial charge is 0.417 e.